The first kappa shape index (κ1) is 20.2. The van der Waals surface area contributed by atoms with E-state index in [2.05, 4.69) is 10.4 Å². The fourth-order valence-corrected chi connectivity index (χ4v) is 5.21. The summed E-state index contributed by atoms with van der Waals surface area (Å²) < 4.78 is 31.1. The lowest BCUT2D eigenvalue weighted by Crippen LogP contribution is -2.19. The first-order chi connectivity index (χ1) is 14.4. The predicted molar refractivity (Wildman–Crippen MR) is 114 cm³/mol. The highest BCUT2D eigenvalue weighted by atomic mass is 32.2. The quantitative estimate of drug-likeness (QED) is 0.654. The van der Waals surface area contributed by atoms with E-state index in [0.29, 0.717) is 30.2 Å². The molecule has 4 rings (SSSR count). The predicted octanol–water partition coefficient (Wildman–Crippen LogP) is 3.38. The van der Waals surface area contributed by atoms with E-state index in [1.807, 2.05) is 37.3 Å². The number of aromatic nitrogens is 2. The number of hydrogen-bond donors (Lipinski definition) is 1. The maximum atomic E-state index is 12.8. The van der Waals surface area contributed by atoms with Gasteiger partial charge >= 0.3 is 0 Å². The van der Waals surface area contributed by atoms with Crippen LogP contribution in [0.4, 0.5) is 5.82 Å². The molecule has 8 heteroatoms. The molecule has 1 atom stereocenters. The van der Waals surface area contributed by atoms with E-state index in [-0.39, 0.29) is 23.5 Å². The molecule has 1 fully saturated rings. The van der Waals surface area contributed by atoms with Crippen molar-refractivity contribution in [2.45, 2.75) is 26.0 Å². The minimum Gasteiger partial charge on any atom is -0.489 e. The molecule has 3 aromatic rings. The number of nitrogens with one attached hydrogen (secondary N) is 1. The van der Waals surface area contributed by atoms with Crippen LogP contribution in [0.5, 0.6) is 5.75 Å². The molecule has 1 aliphatic rings. The van der Waals surface area contributed by atoms with Crippen LogP contribution in [0.3, 0.4) is 0 Å². The highest BCUT2D eigenvalue weighted by Crippen LogP contribution is 2.27. The molecular formula is C22H23N3O4S. The van der Waals surface area contributed by atoms with Gasteiger partial charge in [-0.05, 0) is 37.1 Å². The normalized spacial score (nSPS) is 17.6. The van der Waals surface area contributed by atoms with Gasteiger partial charge in [-0.3, -0.25) is 4.79 Å². The third-order valence-electron chi connectivity index (χ3n) is 5.00. The van der Waals surface area contributed by atoms with E-state index in [9.17, 15) is 13.2 Å². The van der Waals surface area contributed by atoms with Crippen molar-refractivity contribution in [3.63, 3.8) is 0 Å². The van der Waals surface area contributed by atoms with Crippen LogP contribution in [0.2, 0.25) is 0 Å². The second-order valence-corrected chi connectivity index (χ2v) is 9.66. The standard InChI is InChI=1S/C22H23N3O4S/c1-16-12-21(25(24-16)19-10-11-30(27,28)15-19)23-22(26)18-8-5-9-20(13-18)29-14-17-6-3-2-4-7-17/h2-9,12-13,19H,10-11,14-15H2,1H3,(H,23,26). The lowest BCUT2D eigenvalue weighted by Gasteiger charge is -2.14. The molecule has 156 valence electrons. The van der Waals surface area contributed by atoms with Crippen molar-refractivity contribution in [3.05, 3.63) is 77.5 Å². The highest BCUT2D eigenvalue weighted by molar-refractivity contribution is 7.91. The maximum Gasteiger partial charge on any atom is 0.256 e. The molecule has 0 bridgehead atoms. The molecule has 30 heavy (non-hydrogen) atoms. The number of anilines is 1. The van der Waals surface area contributed by atoms with E-state index < -0.39 is 9.84 Å². The van der Waals surface area contributed by atoms with Gasteiger partial charge in [-0.25, -0.2) is 13.1 Å². The molecule has 0 aliphatic carbocycles. The molecule has 1 N–H and O–H groups in total. The van der Waals surface area contributed by atoms with E-state index >= 15 is 0 Å². The first-order valence-corrected chi connectivity index (χ1v) is 11.6. The molecular weight excluding hydrogens is 402 g/mol. The Morgan fingerprint density at radius 3 is 2.70 bits per heavy atom. The monoisotopic (exact) mass is 425 g/mol. The summed E-state index contributed by atoms with van der Waals surface area (Å²) >= 11 is 0. The fourth-order valence-electron chi connectivity index (χ4n) is 3.51. The van der Waals surface area contributed by atoms with Crippen LogP contribution in [-0.4, -0.2) is 35.6 Å². The second kappa shape index (κ2) is 8.31. The Morgan fingerprint density at radius 1 is 1.17 bits per heavy atom. The summed E-state index contributed by atoms with van der Waals surface area (Å²) in [4.78, 5) is 12.8. The van der Waals surface area contributed by atoms with Crippen molar-refractivity contribution < 1.29 is 17.9 Å². The Labute approximate surface area is 175 Å². The van der Waals surface area contributed by atoms with Crippen molar-refractivity contribution in [2.24, 2.45) is 0 Å². The summed E-state index contributed by atoms with van der Waals surface area (Å²) in [5, 5.41) is 7.26. The molecule has 1 unspecified atom stereocenters. The summed E-state index contributed by atoms with van der Waals surface area (Å²) in [6.45, 7) is 2.22. The molecule has 0 saturated carbocycles. The first-order valence-electron chi connectivity index (χ1n) is 9.74. The SMILES string of the molecule is Cc1cc(NC(=O)c2cccc(OCc3ccccc3)c2)n(C2CCS(=O)(=O)C2)n1. The lowest BCUT2D eigenvalue weighted by molar-refractivity contribution is 0.102. The molecule has 0 radical (unpaired) electrons. The number of carbonyl (C=O) groups excluding carboxylic acids is 1. The zero-order valence-corrected chi connectivity index (χ0v) is 17.4. The van der Waals surface area contributed by atoms with Gasteiger partial charge in [-0.15, -0.1) is 0 Å². The maximum absolute atomic E-state index is 12.8. The van der Waals surface area contributed by atoms with Gasteiger partial charge in [0.25, 0.3) is 5.91 Å². The number of rotatable bonds is 6. The second-order valence-electron chi connectivity index (χ2n) is 7.43. The summed E-state index contributed by atoms with van der Waals surface area (Å²) in [6.07, 6.45) is 0.495. The average Bonchev–Trinajstić information content (AvgIpc) is 3.28. The van der Waals surface area contributed by atoms with Crippen LogP contribution in [0.25, 0.3) is 0 Å². The number of hydrogen-bond acceptors (Lipinski definition) is 5. The molecule has 0 spiro atoms. The van der Waals surface area contributed by atoms with Gasteiger partial charge in [0.1, 0.15) is 18.2 Å². The van der Waals surface area contributed by atoms with E-state index in [0.717, 1.165) is 11.3 Å². The van der Waals surface area contributed by atoms with Gasteiger partial charge in [0, 0.05) is 11.6 Å². The van der Waals surface area contributed by atoms with Crippen LogP contribution < -0.4 is 10.1 Å². The van der Waals surface area contributed by atoms with Gasteiger partial charge in [0.15, 0.2) is 9.84 Å². The number of benzene rings is 2. The highest BCUT2D eigenvalue weighted by Gasteiger charge is 2.31. The average molecular weight is 426 g/mol. The number of nitrogens with zero attached hydrogens (tertiary/aromatic N) is 2. The van der Waals surface area contributed by atoms with Crippen molar-refractivity contribution >= 4 is 21.6 Å². The number of sulfone groups is 1. The van der Waals surface area contributed by atoms with Crippen LogP contribution in [0, 0.1) is 6.92 Å². The largest absolute Gasteiger partial charge is 0.489 e. The smallest absolute Gasteiger partial charge is 0.256 e. The molecule has 1 amide bonds. The third kappa shape index (κ3) is 4.71. The topological polar surface area (TPSA) is 90.3 Å². The molecule has 1 aromatic heterocycles. The zero-order valence-electron chi connectivity index (χ0n) is 16.6. The van der Waals surface area contributed by atoms with Gasteiger partial charge in [-0.1, -0.05) is 36.4 Å². The minimum absolute atomic E-state index is 0.0415. The molecule has 1 saturated heterocycles. The summed E-state index contributed by atoms with van der Waals surface area (Å²) in [6, 6.07) is 18.2. The van der Waals surface area contributed by atoms with Crippen molar-refractivity contribution in [3.8, 4) is 5.75 Å². The molecule has 2 aromatic carbocycles. The van der Waals surface area contributed by atoms with Gasteiger partial charge in [0.2, 0.25) is 0 Å². The summed E-state index contributed by atoms with van der Waals surface area (Å²) in [5.74, 6) is 0.973. The number of carbonyl (C=O) groups is 1. The van der Waals surface area contributed by atoms with E-state index in [1.54, 1.807) is 35.0 Å². The number of amides is 1. The van der Waals surface area contributed by atoms with Crippen LogP contribution in [0.1, 0.15) is 34.1 Å². The lowest BCUT2D eigenvalue weighted by atomic mass is 10.2. The molecule has 7 nitrogen and oxygen atoms in total. The Hall–Kier alpha value is -3.13. The van der Waals surface area contributed by atoms with Crippen LogP contribution in [-0.2, 0) is 16.4 Å². The Bertz CT molecular complexity index is 1160. The zero-order chi connectivity index (χ0) is 21.1. The van der Waals surface area contributed by atoms with Crippen LogP contribution >= 0.6 is 0 Å². The van der Waals surface area contributed by atoms with Gasteiger partial charge in [-0.2, -0.15) is 5.10 Å². The minimum atomic E-state index is -3.06. The number of ether oxygens (including phenoxy) is 1. The van der Waals surface area contributed by atoms with E-state index in [1.165, 1.54) is 0 Å². The molecule has 1 aliphatic heterocycles. The van der Waals surface area contributed by atoms with Gasteiger partial charge in [0.05, 0.1) is 23.2 Å². The van der Waals surface area contributed by atoms with Crippen LogP contribution in [0.15, 0.2) is 60.7 Å². The van der Waals surface area contributed by atoms with Crippen molar-refractivity contribution in [2.75, 3.05) is 16.8 Å². The van der Waals surface area contributed by atoms with Crippen molar-refractivity contribution in [1.82, 2.24) is 9.78 Å². The molecule has 2 heterocycles. The summed E-state index contributed by atoms with van der Waals surface area (Å²) in [5.41, 5.74) is 2.21. The van der Waals surface area contributed by atoms with E-state index in [4.69, 9.17) is 4.74 Å². The third-order valence-corrected chi connectivity index (χ3v) is 6.75. The Kier molecular flexibility index (Phi) is 5.59. The summed E-state index contributed by atoms with van der Waals surface area (Å²) in [7, 11) is -3.06. The Balaban J connectivity index is 1.47. The number of aryl methyl sites for hydroxylation is 1. The van der Waals surface area contributed by atoms with Gasteiger partial charge < -0.3 is 10.1 Å². The van der Waals surface area contributed by atoms with Crippen molar-refractivity contribution in [1.29, 1.82) is 0 Å². The Morgan fingerprint density at radius 2 is 1.97 bits per heavy atom. The fraction of sp³-hybridized carbons (Fsp3) is 0.273.